The second kappa shape index (κ2) is 8.91. The summed E-state index contributed by atoms with van der Waals surface area (Å²) in [6.07, 6.45) is 0. The normalized spacial score (nSPS) is 10.6. The molecule has 0 aromatic heterocycles. The summed E-state index contributed by atoms with van der Waals surface area (Å²) in [5.74, 6) is 0.0694. The number of ether oxygens (including phenoxy) is 1. The number of nitrogens with zero attached hydrogens (tertiary/aromatic N) is 1. The van der Waals surface area contributed by atoms with Crippen LogP contribution in [0, 0.1) is 11.3 Å². The first-order valence-electron chi connectivity index (χ1n) is 8.57. The zero-order chi connectivity index (χ0) is 20.7. The number of para-hydroxylation sites is 1. The zero-order valence-electron chi connectivity index (χ0n) is 15.2. The van der Waals surface area contributed by atoms with Gasteiger partial charge in [0.25, 0.3) is 15.9 Å². The van der Waals surface area contributed by atoms with Gasteiger partial charge in [-0.25, -0.2) is 8.42 Å². The molecule has 0 fully saturated rings. The van der Waals surface area contributed by atoms with Crippen LogP contribution in [0.15, 0.2) is 83.8 Å². The van der Waals surface area contributed by atoms with Crippen molar-refractivity contribution in [3.63, 3.8) is 0 Å². The van der Waals surface area contributed by atoms with Crippen molar-refractivity contribution in [3.8, 4) is 11.8 Å². The first-order valence-corrected chi connectivity index (χ1v) is 10.1. The lowest BCUT2D eigenvalue weighted by molar-refractivity contribution is -0.118. The first kappa shape index (κ1) is 19.9. The molecule has 0 bridgehead atoms. The molecule has 146 valence electrons. The molecule has 0 saturated carbocycles. The highest BCUT2D eigenvalue weighted by molar-refractivity contribution is 7.92. The predicted octanol–water partition coefficient (Wildman–Crippen LogP) is 3.38. The van der Waals surface area contributed by atoms with Crippen molar-refractivity contribution in [2.24, 2.45) is 0 Å². The molecule has 0 aliphatic carbocycles. The van der Waals surface area contributed by atoms with E-state index in [9.17, 15) is 13.2 Å². The first-order chi connectivity index (χ1) is 14.0. The van der Waals surface area contributed by atoms with Crippen LogP contribution in [0.2, 0.25) is 0 Å². The molecular weight excluding hydrogens is 390 g/mol. The summed E-state index contributed by atoms with van der Waals surface area (Å²) < 4.78 is 32.6. The minimum Gasteiger partial charge on any atom is -0.484 e. The lowest BCUT2D eigenvalue weighted by Gasteiger charge is -2.10. The number of carbonyl (C=O) groups excluding carboxylic acids is 1. The number of anilines is 2. The van der Waals surface area contributed by atoms with Crippen LogP contribution in [0.1, 0.15) is 5.56 Å². The molecule has 0 atom stereocenters. The molecule has 0 unspecified atom stereocenters. The molecule has 0 radical (unpaired) electrons. The second-order valence-corrected chi connectivity index (χ2v) is 7.65. The molecule has 3 aromatic carbocycles. The summed E-state index contributed by atoms with van der Waals surface area (Å²) in [5, 5.41) is 11.4. The molecule has 7 nitrogen and oxygen atoms in total. The predicted molar refractivity (Wildman–Crippen MR) is 109 cm³/mol. The highest BCUT2D eigenvalue weighted by Gasteiger charge is 2.14. The number of hydrogen-bond donors (Lipinski definition) is 2. The average molecular weight is 407 g/mol. The van der Waals surface area contributed by atoms with Crippen LogP contribution in [-0.4, -0.2) is 20.9 Å². The van der Waals surface area contributed by atoms with Crippen LogP contribution in [0.3, 0.4) is 0 Å². The van der Waals surface area contributed by atoms with Crippen molar-refractivity contribution >= 4 is 27.3 Å². The number of nitrogens with one attached hydrogen (secondary N) is 2. The van der Waals surface area contributed by atoms with Gasteiger partial charge < -0.3 is 10.1 Å². The zero-order valence-corrected chi connectivity index (χ0v) is 16.0. The van der Waals surface area contributed by atoms with Gasteiger partial charge in [0, 0.05) is 11.4 Å². The second-order valence-electron chi connectivity index (χ2n) is 5.97. The van der Waals surface area contributed by atoms with Crippen LogP contribution in [-0.2, 0) is 14.8 Å². The average Bonchev–Trinajstić information content (AvgIpc) is 2.73. The lowest BCUT2D eigenvalue weighted by atomic mass is 10.2. The highest BCUT2D eigenvalue weighted by atomic mass is 32.2. The number of hydrogen-bond acceptors (Lipinski definition) is 5. The number of amides is 1. The van der Waals surface area contributed by atoms with E-state index in [-0.39, 0.29) is 11.5 Å². The van der Waals surface area contributed by atoms with Gasteiger partial charge in [-0.15, -0.1) is 0 Å². The van der Waals surface area contributed by atoms with E-state index in [0.717, 1.165) is 0 Å². The highest BCUT2D eigenvalue weighted by Crippen LogP contribution is 2.18. The van der Waals surface area contributed by atoms with Gasteiger partial charge >= 0.3 is 0 Å². The van der Waals surface area contributed by atoms with E-state index in [0.29, 0.717) is 22.7 Å². The van der Waals surface area contributed by atoms with Crippen molar-refractivity contribution in [3.05, 3.63) is 84.4 Å². The summed E-state index contributed by atoms with van der Waals surface area (Å²) in [5.41, 5.74) is 1.40. The number of carbonyl (C=O) groups is 1. The van der Waals surface area contributed by atoms with Crippen molar-refractivity contribution in [2.75, 3.05) is 16.6 Å². The maximum Gasteiger partial charge on any atom is 0.262 e. The van der Waals surface area contributed by atoms with Crippen molar-refractivity contribution in [1.82, 2.24) is 0 Å². The maximum atomic E-state index is 12.4. The van der Waals surface area contributed by atoms with Gasteiger partial charge in [0.1, 0.15) is 5.75 Å². The summed E-state index contributed by atoms with van der Waals surface area (Å²) in [6, 6.07) is 22.8. The van der Waals surface area contributed by atoms with Gasteiger partial charge in [0.15, 0.2) is 6.61 Å². The van der Waals surface area contributed by atoms with Gasteiger partial charge in [-0.05, 0) is 60.7 Å². The van der Waals surface area contributed by atoms with Gasteiger partial charge in [-0.2, -0.15) is 5.26 Å². The monoisotopic (exact) mass is 407 g/mol. The Morgan fingerprint density at radius 2 is 1.55 bits per heavy atom. The molecule has 0 aliphatic heterocycles. The Labute approximate surface area is 168 Å². The fraction of sp³-hybridized carbons (Fsp3) is 0.0476. The Morgan fingerprint density at radius 3 is 2.17 bits per heavy atom. The van der Waals surface area contributed by atoms with Crippen LogP contribution < -0.4 is 14.8 Å². The molecule has 3 rings (SSSR count). The van der Waals surface area contributed by atoms with Crippen LogP contribution in [0.4, 0.5) is 11.4 Å². The Balaban J connectivity index is 1.56. The van der Waals surface area contributed by atoms with E-state index in [1.165, 1.54) is 24.3 Å². The molecule has 1 amide bonds. The Hall–Kier alpha value is -3.83. The summed E-state index contributed by atoms with van der Waals surface area (Å²) >= 11 is 0. The Kier molecular flexibility index (Phi) is 6.12. The van der Waals surface area contributed by atoms with Crippen LogP contribution >= 0.6 is 0 Å². The van der Waals surface area contributed by atoms with Gasteiger partial charge in [0.05, 0.1) is 16.5 Å². The molecular formula is C21H17N3O4S. The minimum absolute atomic E-state index is 0.0770. The maximum absolute atomic E-state index is 12.4. The topological polar surface area (TPSA) is 108 Å². The van der Waals surface area contributed by atoms with E-state index in [1.54, 1.807) is 54.6 Å². The SMILES string of the molecule is N#Cc1ccc(OCC(=O)Nc2ccc(S(=O)(=O)Nc3ccccc3)cc2)cc1. The summed E-state index contributed by atoms with van der Waals surface area (Å²) in [7, 11) is -3.72. The van der Waals surface area contributed by atoms with E-state index < -0.39 is 15.9 Å². The smallest absolute Gasteiger partial charge is 0.262 e. The molecule has 0 aliphatic rings. The number of benzene rings is 3. The molecule has 0 spiro atoms. The molecule has 3 aromatic rings. The van der Waals surface area contributed by atoms with Crippen LogP contribution in [0.25, 0.3) is 0 Å². The van der Waals surface area contributed by atoms with E-state index in [2.05, 4.69) is 10.0 Å². The third-order valence-electron chi connectivity index (χ3n) is 3.83. The van der Waals surface area contributed by atoms with Gasteiger partial charge in [0.2, 0.25) is 0 Å². The quantitative estimate of drug-likeness (QED) is 0.624. The number of nitriles is 1. The fourth-order valence-electron chi connectivity index (χ4n) is 2.41. The summed E-state index contributed by atoms with van der Waals surface area (Å²) in [6.45, 7) is -0.221. The Morgan fingerprint density at radius 1 is 0.897 bits per heavy atom. The van der Waals surface area contributed by atoms with E-state index in [4.69, 9.17) is 10.00 Å². The molecule has 8 heteroatoms. The van der Waals surface area contributed by atoms with Gasteiger partial charge in [-0.3, -0.25) is 9.52 Å². The van der Waals surface area contributed by atoms with Crippen molar-refractivity contribution < 1.29 is 17.9 Å². The minimum atomic E-state index is -3.72. The van der Waals surface area contributed by atoms with E-state index >= 15 is 0 Å². The fourth-order valence-corrected chi connectivity index (χ4v) is 3.47. The standard InChI is InChI=1S/C21H17N3O4S/c22-14-16-6-10-19(11-7-16)28-15-21(25)23-17-8-12-20(13-9-17)29(26,27)24-18-4-2-1-3-5-18/h1-13,24H,15H2,(H,23,25). The molecule has 0 heterocycles. The molecule has 29 heavy (non-hydrogen) atoms. The van der Waals surface area contributed by atoms with Crippen molar-refractivity contribution in [1.29, 1.82) is 5.26 Å². The van der Waals surface area contributed by atoms with Crippen molar-refractivity contribution in [2.45, 2.75) is 4.90 Å². The van der Waals surface area contributed by atoms with E-state index in [1.807, 2.05) is 6.07 Å². The van der Waals surface area contributed by atoms with Crippen LogP contribution in [0.5, 0.6) is 5.75 Å². The molecule has 2 N–H and O–H groups in total. The third-order valence-corrected chi connectivity index (χ3v) is 5.22. The van der Waals surface area contributed by atoms with Gasteiger partial charge in [-0.1, -0.05) is 18.2 Å². The number of rotatable bonds is 7. The molecule has 0 saturated heterocycles. The third kappa shape index (κ3) is 5.57. The number of sulfonamides is 1. The summed E-state index contributed by atoms with van der Waals surface area (Å²) in [4.78, 5) is 12.1. The largest absolute Gasteiger partial charge is 0.484 e. The Bertz CT molecular complexity index is 1120. The lowest BCUT2D eigenvalue weighted by Crippen LogP contribution is -2.20.